The summed E-state index contributed by atoms with van der Waals surface area (Å²) < 4.78 is 28.8. The lowest BCUT2D eigenvalue weighted by atomic mass is 10.1. The minimum absolute atomic E-state index is 0.0544. The van der Waals surface area contributed by atoms with Gasteiger partial charge < -0.3 is 10.2 Å². The van der Waals surface area contributed by atoms with Crippen molar-refractivity contribution in [1.82, 2.24) is 10.2 Å². The van der Waals surface area contributed by atoms with Crippen LogP contribution < -0.4 is 9.62 Å². The second kappa shape index (κ2) is 13.4. The Labute approximate surface area is 230 Å². The van der Waals surface area contributed by atoms with Crippen molar-refractivity contribution in [1.29, 1.82) is 0 Å². The van der Waals surface area contributed by atoms with E-state index in [2.05, 4.69) is 5.32 Å². The van der Waals surface area contributed by atoms with Crippen LogP contribution in [-0.2, 0) is 26.0 Å². The predicted molar refractivity (Wildman–Crippen MR) is 152 cm³/mol. The van der Waals surface area contributed by atoms with Gasteiger partial charge in [-0.15, -0.1) is 0 Å². The third-order valence-corrected chi connectivity index (χ3v) is 8.52. The number of anilines is 1. The molecule has 0 aromatic heterocycles. The highest BCUT2D eigenvalue weighted by Crippen LogP contribution is 2.31. The van der Waals surface area contributed by atoms with Crippen molar-refractivity contribution in [3.63, 3.8) is 0 Å². The van der Waals surface area contributed by atoms with Crippen LogP contribution in [0.3, 0.4) is 0 Å². The van der Waals surface area contributed by atoms with E-state index in [9.17, 15) is 18.0 Å². The first-order chi connectivity index (χ1) is 18.2. The number of sulfonamides is 1. The molecule has 0 aliphatic carbocycles. The number of nitrogens with zero attached hydrogens (tertiary/aromatic N) is 2. The highest BCUT2D eigenvalue weighted by molar-refractivity contribution is 7.92. The Balaban J connectivity index is 2.03. The van der Waals surface area contributed by atoms with Crippen molar-refractivity contribution in [2.24, 2.45) is 0 Å². The Bertz CT molecular complexity index is 1330. The third-order valence-electron chi connectivity index (χ3n) is 6.34. The Hall–Kier alpha value is -3.36. The van der Waals surface area contributed by atoms with Crippen molar-refractivity contribution < 1.29 is 18.0 Å². The molecule has 0 spiro atoms. The molecule has 0 radical (unpaired) electrons. The molecule has 3 aromatic rings. The number of hydrogen-bond donors (Lipinski definition) is 1. The predicted octanol–water partition coefficient (Wildman–Crippen LogP) is 4.83. The molecule has 7 nitrogen and oxygen atoms in total. The van der Waals surface area contributed by atoms with E-state index in [1.165, 1.54) is 17.0 Å². The molecular weight excluding hydrogens is 522 g/mol. The summed E-state index contributed by atoms with van der Waals surface area (Å²) >= 11 is 6.35. The van der Waals surface area contributed by atoms with Crippen LogP contribution in [0, 0.1) is 6.92 Å². The summed E-state index contributed by atoms with van der Waals surface area (Å²) in [4.78, 5) is 28.4. The van der Waals surface area contributed by atoms with Crippen molar-refractivity contribution in [2.45, 2.75) is 44.6 Å². The monoisotopic (exact) mass is 555 g/mol. The highest BCUT2D eigenvalue weighted by Gasteiger charge is 2.34. The van der Waals surface area contributed by atoms with E-state index in [-0.39, 0.29) is 17.3 Å². The first-order valence-corrected chi connectivity index (χ1v) is 14.5. The van der Waals surface area contributed by atoms with Gasteiger partial charge in [-0.2, -0.15) is 0 Å². The van der Waals surface area contributed by atoms with Gasteiger partial charge in [0.1, 0.15) is 12.6 Å². The quantitative estimate of drug-likeness (QED) is 0.347. The summed E-state index contributed by atoms with van der Waals surface area (Å²) in [5.74, 6) is -0.745. The van der Waals surface area contributed by atoms with Gasteiger partial charge in [-0.25, -0.2) is 8.42 Å². The van der Waals surface area contributed by atoms with E-state index < -0.39 is 28.5 Å². The summed E-state index contributed by atoms with van der Waals surface area (Å²) in [6, 6.07) is 21.8. The largest absolute Gasteiger partial charge is 0.355 e. The summed E-state index contributed by atoms with van der Waals surface area (Å²) in [6.07, 6.45) is 0.901. The maximum absolute atomic E-state index is 13.9. The minimum atomic E-state index is -4.13. The highest BCUT2D eigenvalue weighted by atomic mass is 35.5. The average molecular weight is 556 g/mol. The fourth-order valence-electron chi connectivity index (χ4n) is 4.29. The fraction of sp³-hybridized carbons (Fsp3) is 0.310. The van der Waals surface area contributed by atoms with Crippen molar-refractivity contribution in [2.75, 3.05) is 23.9 Å². The van der Waals surface area contributed by atoms with Crippen LogP contribution in [0.4, 0.5) is 5.69 Å². The molecule has 0 aliphatic rings. The van der Waals surface area contributed by atoms with E-state index in [1.54, 1.807) is 43.3 Å². The number of benzene rings is 3. The lowest BCUT2D eigenvalue weighted by Gasteiger charge is -2.33. The van der Waals surface area contributed by atoms with E-state index in [0.717, 1.165) is 9.87 Å². The molecule has 1 atom stereocenters. The van der Waals surface area contributed by atoms with Gasteiger partial charge in [0.05, 0.1) is 10.6 Å². The molecule has 3 rings (SSSR count). The normalized spacial score (nSPS) is 12.0. The number of halogens is 1. The third kappa shape index (κ3) is 6.94. The SMILES string of the molecule is CCNC(=O)C(CC)N(CCc1ccccc1)C(=O)CN(c1cccc(Cl)c1C)S(=O)(=O)c1ccccc1. The Morgan fingerprint density at radius 3 is 2.16 bits per heavy atom. The summed E-state index contributed by atoms with van der Waals surface area (Å²) in [7, 11) is -4.13. The Morgan fingerprint density at radius 2 is 1.55 bits per heavy atom. The zero-order chi connectivity index (χ0) is 27.7. The lowest BCUT2D eigenvalue weighted by Crippen LogP contribution is -2.53. The van der Waals surface area contributed by atoms with E-state index in [4.69, 9.17) is 11.6 Å². The van der Waals surface area contributed by atoms with E-state index in [1.807, 2.05) is 44.2 Å². The second-order valence-corrected chi connectivity index (χ2v) is 11.1. The van der Waals surface area contributed by atoms with Gasteiger partial charge in [0.15, 0.2) is 0 Å². The molecule has 0 fully saturated rings. The Morgan fingerprint density at radius 1 is 0.921 bits per heavy atom. The van der Waals surface area contributed by atoms with Gasteiger partial charge in [0.2, 0.25) is 11.8 Å². The number of hydrogen-bond acceptors (Lipinski definition) is 4. The number of nitrogens with one attached hydrogen (secondary N) is 1. The topological polar surface area (TPSA) is 86.8 Å². The molecule has 1 unspecified atom stereocenters. The van der Waals surface area contributed by atoms with E-state index >= 15 is 0 Å². The summed E-state index contributed by atoms with van der Waals surface area (Å²) in [5.41, 5.74) is 1.85. The molecule has 0 saturated heterocycles. The number of rotatable bonds is 12. The van der Waals surface area contributed by atoms with Crippen molar-refractivity contribution in [3.8, 4) is 0 Å². The fourth-order valence-corrected chi connectivity index (χ4v) is 5.95. The summed E-state index contributed by atoms with van der Waals surface area (Å²) in [6.45, 7) is 5.56. The maximum atomic E-state index is 13.9. The molecule has 38 heavy (non-hydrogen) atoms. The van der Waals surface area contributed by atoms with Gasteiger partial charge in [-0.05, 0) is 62.1 Å². The molecule has 9 heteroatoms. The first-order valence-electron chi connectivity index (χ1n) is 12.6. The minimum Gasteiger partial charge on any atom is -0.355 e. The standard InChI is InChI=1S/C29H34ClN3O4S/c1-4-26(29(35)31-5-2)32(20-19-23-13-8-6-9-14-23)28(34)21-33(27-18-12-17-25(30)22(27)3)38(36,37)24-15-10-7-11-16-24/h6-18,26H,4-5,19-21H2,1-3H3,(H,31,35). The van der Waals surface area contributed by atoms with Crippen LogP contribution in [0.2, 0.25) is 5.02 Å². The lowest BCUT2D eigenvalue weighted by molar-refractivity contribution is -0.139. The molecule has 3 aromatic carbocycles. The molecule has 2 amide bonds. The molecule has 202 valence electrons. The van der Waals surface area contributed by atoms with Crippen LogP contribution in [-0.4, -0.2) is 50.8 Å². The maximum Gasteiger partial charge on any atom is 0.264 e. The van der Waals surface area contributed by atoms with E-state index in [0.29, 0.717) is 35.7 Å². The van der Waals surface area contributed by atoms with Crippen LogP contribution >= 0.6 is 11.6 Å². The number of amides is 2. The summed E-state index contributed by atoms with van der Waals surface area (Å²) in [5, 5.41) is 3.19. The smallest absolute Gasteiger partial charge is 0.264 e. The molecular formula is C29H34ClN3O4S. The average Bonchev–Trinajstić information content (AvgIpc) is 2.92. The molecule has 1 N–H and O–H groups in total. The van der Waals surface area contributed by atoms with Crippen molar-refractivity contribution in [3.05, 3.63) is 95.0 Å². The number of carbonyl (C=O) groups is 2. The molecule has 0 saturated carbocycles. The number of carbonyl (C=O) groups excluding carboxylic acids is 2. The van der Waals surface area contributed by atoms with Crippen LogP contribution in [0.5, 0.6) is 0 Å². The van der Waals surface area contributed by atoms with Crippen LogP contribution in [0.25, 0.3) is 0 Å². The van der Waals surface area contributed by atoms with Crippen molar-refractivity contribution >= 4 is 39.1 Å². The molecule has 0 aliphatic heterocycles. The van der Waals surface area contributed by atoms with Gasteiger partial charge in [0.25, 0.3) is 10.0 Å². The number of likely N-dealkylation sites (N-methyl/N-ethyl adjacent to an activating group) is 1. The van der Waals surface area contributed by atoms with Gasteiger partial charge in [-0.3, -0.25) is 13.9 Å². The second-order valence-electron chi connectivity index (χ2n) is 8.85. The Kier molecular flexibility index (Phi) is 10.3. The molecule has 0 bridgehead atoms. The van der Waals surface area contributed by atoms with Crippen LogP contribution in [0.15, 0.2) is 83.8 Å². The van der Waals surface area contributed by atoms with Crippen LogP contribution in [0.1, 0.15) is 31.4 Å². The first kappa shape index (κ1) is 29.2. The zero-order valence-corrected chi connectivity index (χ0v) is 23.5. The van der Waals surface area contributed by atoms with Gasteiger partial charge in [-0.1, -0.05) is 73.1 Å². The van der Waals surface area contributed by atoms with Gasteiger partial charge >= 0.3 is 0 Å². The zero-order valence-electron chi connectivity index (χ0n) is 21.9. The molecule has 0 heterocycles. The van der Waals surface area contributed by atoms with Gasteiger partial charge in [0, 0.05) is 18.1 Å².